The Kier molecular flexibility index (Phi) is 8.04. The largest absolute Gasteiger partial charge is 0.496 e. The highest BCUT2D eigenvalue weighted by molar-refractivity contribution is 5.94. The summed E-state index contributed by atoms with van der Waals surface area (Å²) in [4.78, 5) is 15.5. The molecule has 3 aromatic rings. The van der Waals surface area contributed by atoms with Crippen LogP contribution in [0.15, 0.2) is 72.8 Å². The molecular formula is C28H32N2O4. The second kappa shape index (κ2) is 11.6. The van der Waals surface area contributed by atoms with Gasteiger partial charge in [0.15, 0.2) is 11.5 Å². The first kappa shape index (κ1) is 23.6. The van der Waals surface area contributed by atoms with Crippen LogP contribution in [0.2, 0.25) is 0 Å². The van der Waals surface area contributed by atoms with E-state index < -0.39 is 0 Å². The van der Waals surface area contributed by atoms with E-state index in [-0.39, 0.29) is 11.9 Å². The van der Waals surface area contributed by atoms with Gasteiger partial charge in [-0.05, 0) is 55.8 Å². The van der Waals surface area contributed by atoms with E-state index in [1.807, 2.05) is 48.5 Å². The van der Waals surface area contributed by atoms with E-state index in [2.05, 4.69) is 16.3 Å². The zero-order valence-corrected chi connectivity index (χ0v) is 19.8. The molecule has 0 saturated carbocycles. The van der Waals surface area contributed by atoms with Crippen molar-refractivity contribution >= 4 is 5.91 Å². The molecule has 178 valence electrons. The van der Waals surface area contributed by atoms with Gasteiger partial charge in [-0.25, -0.2) is 0 Å². The summed E-state index contributed by atoms with van der Waals surface area (Å²) in [6, 6.07) is 23.3. The molecular weight excluding hydrogens is 428 g/mol. The van der Waals surface area contributed by atoms with Gasteiger partial charge in [0.1, 0.15) is 12.4 Å². The zero-order chi connectivity index (χ0) is 23.8. The molecule has 1 aliphatic heterocycles. The Morgan fingerprint density at radius 1 is 0.882 bits per heavy atom. The highest BCUT2D eigenvalue weighted by atomic mass is 16.5. The zero-order valence-electron chi connectivity index (χ0n) is 19.8. The molecule has 0 bridgehead atoms. The van der Waals surface area contributed by atoms with Crippen LogP contribution in [0.1, 0.15) is 40.4 Å². The number of amides is 1. The Bertz CT molecular complexity index is 1080. The summed E-state index contributed by atoms with van der Waals surface area (Å²) >= 11 is 0. The standard InChI is InChI=1S/C28H32N2O4/c1-32-25-13-7-6-12-23(25)24(30-16-8-9-17-30)19-29-28(31)22-14-15-26(27(18-22)33-2)34-20-21-10-4-3-5-11-21/h3-7,10-15,18,24H,8-9,16-17,19-20H2,1-2H3,(H,29,31). The number of hydrogen-bond acceptors (Lipinski definition) is 5. The predicted octanol–water partition coefficient (Wildman–Crippen LogP) is 4.85. The number of carbonyl (C=O) groups excluding carboxylic acids is 1. The maximum atomic E-state index is 13.1. The molecule has 6 heteroatoms. The molecule has 6 nitrogen and oxygen atoms in total. The molecule has 4 rings (SSSR count). The molecule has 1 N–H and O–H groups in total. The summed E-state index contributed by atoms with van der Waals surface area (Å²) in [7, 11) is 3.27. The van der Waals surface area contributed by atoms with Crippen molar-refractivity contribution in [3.05, 3.63) is 89.5 Å². The molecule has 1 fully saturated rings. The van der Waals surface area contributed by atoms with E-state index in [1.54, 1.807) is 32.4 Å². The third-order valence-corrected chi connectivity index (χ3v) is 6.20. The number of rotatable bonds is 10. The van der Waals surface area contributed by atoms with E-state index in [1.165, 1.54) is 12.8 Å². The summed E-state index contributed by atoms with van der Waals surface area (Å²) < 4.78 is 17.0. The van der Waals surface area contributed by atoms with Gasteiger partial charge in [-0.1, -0.05) is 48.5 Å². The SMILES string of the molecule is COc1cc(C(=O)NCC(c2ccccc2OC)N2CCCC2)ccc1OCc1ccccc1. The fraction of sp³-hybridized carbons (Fsp3) is 0.321. The average Bonchev–Trinajstić information content (AvgIpc) is 3.43. The summed E-state index contributed by atoms with van der Waals surface area (Å²) in [5, 5.41) is 3.12. The van der Waals surface area contributed by atoms with Gasteiger partial charge >= 0.3 is 0 Å². The monoisotopic (exact) mass is 460 g/mol. The lowest BCUT2D eigenvalue weighted by Crippen LogP contribution is -2.37. The predicted molar refractivity (Wildman–Crippen MR) is 133 cm³/mol. The first-order chi connectivity index (χ1) is 16.7. The lowest BCUT2D eigenvalue weighted by Gasteiger charge is -2.29. The minimum Gasteiger partial charge on any atom is -0.496 e. The smallest absolute Gasteiger partial charge is 0.251 e. The summed E-state index contributed by atoms with van der Waals surface area (Å²) in [5.74, 6) is 1.83. The lowest BCUT2D eigenvalue weighted by molar-refractivity contribution is 0.0937. The molecule has 1 atom stereocenters. The molecule has 0 radical (unpaired) electrons. The quantitative estimate of drug-likeness (QED) is 0.469. The highest BCUT2D eigenvalue weighted by Gasteiger charge is 2.26. The number of benzene rings is 3. The molecule has 0 spiro atoms. The molecule has 1 aliphatic rings. The Balaban J connectivity index is 1.45. The Hall–Kier alpha value is -3.51. The molecule has 1 saturated heterocycles. The summed E-state index contributed by atoms with van der Waals surface area (Å²) in [6.07, 6.45) is 2.34. The third kappa shape index (κ3) is 5.69. The van der Waals surface area contributed by atoms with Crippen molar-refractivity contribution in [2.24, 2.45) is 0 Å². The number of methoxy groups -OCH3 is 2. The molecule has 1 amide bonds. The fourth-order valence-corrected chi connectivity index (χ4v) is 4.39. The third-order valence-electron chi connectivity index (χ3n) is 6.20. The summed E-state index contributed by atoms with van der Waals surface area (Å²) in [5.41, 5.74) is 2.69. The van der Waals surface area contributed by atoms with Crippen LogP contribution in [0.5, 0.6) is 17.2 Å². The number of nitrogens with zero attached hydrogens (tertiary/aromatic N) is 1. The Morgan fingerprint density at radius 3 is 2.32 bits per heavy atom. The van der Waals surface area contributed by atoms with Crippen LogP contribution in [-0.2, 0) is 6.61 Å². The van der Waals surface area contributed by atoms with E-state index >= 15 is 0 Å². The van der Waals surface area contributed by atoms with Gasteiger partial charge < -0.3 is 19.5 Å². The number of para-hydroxylation sites is 1. The number of carbonyl (C=O) groups is 1. The van der Waals surface area contributed by atoms with Crippen molar-refractivity contribution in [3.63, 3.8) is 0 Å². The number of nitrogens with one attached hydrogen (secondary N) is 1. The lowest BCUT2D eigenvalue weighted by atomic mass is 10.0. The van der Waals surface area contributed by atoms with Gasteiger partial charge in [-0.2, -0.15) is 0 Å². The minimum absolute atomic E-state index is 0.0537. The number of hydrogen-bond donors (Lipinski definition) is 1. The van der Waals surface area contributed by atoms with Crippen molar-refractivity contribution in [2.75, 3.05) is 33.9 Å². The van der Waals surface area contributed by atoms with Crippen LogP contribution < -0.4 is 19.5 Å². The van der Waals surface area contributed by atoms with Gasteiger partial charge in [0, 0.05) is 17.7 Å². The highest BCUT2D eigenvalue weighted by Crippen LogP contribution is 2.32. The molecule has 0 aliphatic carbocycles. The fourth-order valence-electron chi connectivity index (χ4n) is 4.39. The van der Waals surface area contributed by atoms with Crippen LogP contribution in [-0.4, -0.2) is 44.7 Å². The second-order valence-corrected chi connectivity index (χ2v) is 8.35. The molecule has 1 heterocycles. The van der Waals surface area contributed by atoms with Crippen molar-refractivity contribution in [1.29, 1.82) is 0 Å². The molecule has 34 heavy (non-hydrogen) atoms. The van der Waals surface area contributed by atoms with Gasteiger partial charge in [0.2, 0.25) is 0 Å². The topological polar surface area (TPSA) is 60.0 Å². The first-order valence-electron chi connectivity index (χ1n) is 11.7. The van der Waals surface area contributed by atoms with Crippen LogP contribution in [0.3, 0.4) is 0 Å². The van der Waals surface area contributed by atoms with Gasteiger partial charge in [0.05, 0.1) is 20.3 Å². The number of ether oxygens (including phenoxy) is 3. The van der Waals surface area contributed by atoms with Gasteiger partial charge in [-0.3, -0.25) is 9.69 Å². The Labute approximate surface area is 201 Å². The van der Waals surface area contributed by atoms with Crippen LogP contribution in [0, 0.1) is 0 Å². The van der Waals surface area contributed by atoms with Crippen LogP contribution in [0.4, 0.5) is 0 Å². The van der Waals surface area contributed by atoms with Crippen molar-refractivity contribution in [2.45, 2.75) is 25.5 Å². The second-order valence-electron chi connectivity index (χ2n) is 8.35. The molecule has 0 aromatic heterocycles. The van der Waals surface area contributed by atoms with Crippen LogP contribution >= 0.6 is 0 Å². The number of likely N-dealkylation sites (tertiary alicyclic amines) is 1. The maximum Gasteiger partial charge on any atom is 0.251 e. The normalized spacial score (nSPS) is 14.4. The minimum atomic E-state index is -0.146. The molecule has 3 aromatic carbocycles. The van der Waals surface area contributed by atoms with E-state index in [0.717, 1.165) is 30.0 Å². The van der Waals surface area contributed by atoms with Crippen LogP contribution in [0.25, 0.3) is 0 Å². The first-order valence-corrected chi connectivity index (χ1v) is 11.7. The average molecular weight is 461 g/mol. The van der Waals surface area contributed by atoms with E-state index in [0.29, 0.717) is 30.2 Å². The van der Waals surface area contributed by atoms with E-state index in [4.69, 9.17) is 14.2 Å². The van der Waals surface area contributed by atoms with Gasteiger partial charge in [0.25, 0.3) is 5.91 Å². The Morgan fingerprint density at radius 2 is 1.59 bits per heavy atom. The van der Waals surface area contributed by atoms with Crippen molar-refractivity contribution < 1.29 is 19.0 Å². The summed E-state index contributed by atoms with van der Waals surface area (Å²) in [6.45, 7) is 2.95. The van der Waals surface area contributed by atoms with Gasteiger partial charge in [-0.15, -0.1) is 0 Å². The molecule has 1 unspecified atom stereocenters. The van der Waals surface area contributed by atoms with Crippen molar-refractivity contribution in [3.8, 4) is 17.2 Å². The van der Waals surface area contributed by atoms with Crippen molar-refractivity contribution in [1.82, 2.24) is 10.2 Å². The van der Waals surface area contributed by atoms with E-state index in [9.17, 15) is 4.79 Å². The maximum absolute atomic E-state index is 13.1.